The lowest BCUT2D eigenvalue weighted by Gasteiger charge is -2.08. The van der Waals surface area contributed by atoms with Crippen LogP contribution in [0.2, 0.25) is 0 Å². The summed E-state index contributed by atoms with van der Waals surface area (Å²) in [5.74, 6) is -0.261. The molecule has 3 aromatic rings. The Hall–Kier alpha value is -2.55. The third-order valence-electron chi connectivity index (χ3n) is 3.78. The van der Waals surface area contributed by atoms with Gasteiger partial charge in [-0.3, -0.25) is 4.79 Å². The lowest BCUT2D eigenvalue weighted by Crippen LogP contribution is -2.27. The second-order valence-corrected chi connectivity index (χ2v) is 8.67. The van der Waals surface area contributed by atoms with Gasteiger partial charge in [-0.2, -0.15) is 0 Å². The number of anilines is 1. The molecular formula is C19H19N3O3S2. The fraction of sp³-hybridized carbons (Fsp3) is 0.158. The lowest BCUT2D eigenvalue weighted by molar-refractivity contribution is -0.116. The number of hydrogen-bond acceptors (Lipinski definition) is 5. The maximum Gasteiger partial charge on any atom is 0.240 e. The first-order chi connectivity index (χ1) is 12.9. The van der Waals surface area contributed by atoms with E-state index in [-0.39, 0.29) is 23.8 Å². The molecule has 6 nitrogen and oxygen atoms in total. The molecule has 0 bridgehead atoms. The van der Waals surface area contributed by atoms with Crippen molar-refractivity contribution in [1.82, 2.24) is 9.71 Å². The quantitative estimate of drug-likeness (QED) is 0.635. The predicted octanol–water partition coefficient (Wildman–Crippen LogP) is 3.43. The molecule has 0 atom stereocenters. The zero-order valence-electron chi connectivity index (χ0n) is 14.7. The Morgan fingerprint density at radius 1 is 1.07 bits per heavy atom. The molecule has 0 unspecified atom stereocenters. The molecule has 2 aromatic carbocycles. The molecule has 0 aliphatic carbocycles. The molecule has 1 aromatic heterocycles. The van der Waals surface area contributed by atoms with E-state index in [4.69, 9.17) is 0 Å². The van der Waals surface area contributed by atoms with Crippen molar-refractivity contribution in [3.05, 3.63) is 65.0 Å². The number of aryl methyl sites for hydroxylation is 1. The third-order valence-corrected chi connectivity index (χ3v) is 6.03. The fourth-order valence-electron chi connectivity index (χ4n) is 2.43. The van der Waals surface area contributed by atoms with Gasteiger partial charge >= 0.3 is 0 Å². The molecule has 0 fully saturated rings. The molecule has 8 heteroatoms. The monoisotopic (exact) mass is 401 g/mol. The van der Waals surface area contributed by atoms with Gasteiger partial charge in [0, 0.05) is 29.6 Å². The molecule has 0 saturated heterocycles. The summed E-state index contributed by atoms with van der Waals surface area (Å²) in [5.41, 5.74) is 2.54. The van der Waals surface area contributed by atoms with Crippen LogP contribution >= 0.6 is 11.3 Å². The smallest absolute Gasteiger partial charge is 0.240 e. The zero-order valence-corrected chi connectivity index (χ0v) is 16.3. The Morgan fingerprint density at radius 2 is 1.78 bits per heavy atom. The number of benzene rings is 2. The molecule has 0 radical (unpaired) electrons. The average molecular weight is 402 g/mol. The van der Waals surface area contributed by atoms with Crippen molar-refractivity contribution in [3.8, 4) is 11.3 Å². The molecule has 0 aliphatic heterocycles. The van der Waals surface area contributed by atoms with Gasteiger partial charge in [0.1, 0.15) is 0 Å². The van der Waals surface area contributed by atoms with E-state index in [2.05, 4.69) is 15.0 Å². The minimum atomic E-state index is -3.60. The van der Waals surface area contributed by atoms with Crippen LogP contribution in [0.15, 0.2) is 64.9 Å². The Kier molecular flexibility index (Phi) is 6.00. The number of nitrogens with one attached hydrogen (secondary N) is 2. The van der Waals surface area contributed by atoms with Crippen molar-refractivity contribution in [1.29, 1.82) is 0 Å². The van der Waals surface area contributed by atoms with E-state index in [1.165, 1.54) is 12.1 Å². The van der Waals surface area contributed by atoms with Gasteiger partial charge < -0.3 is 5.32 Å². The summed E-state index contributed by atoms with van der Waals surface area (Å²) in [5, 5.41) is 5.75. The van der Waals surface area contributed by atoms with E-state index in [0.717, 1.165) is 16.3 Å². The van der Waals surface area contributed by atoms with Gasteiger partial charge in [-0.25, -0.2) is 18.1 Å². The van der Waals surface area contributed by atoms with E-state index in [0.29, 0.717) is 5.69 Å². The van der Waals surface area contributed by atoms with Gasteiger partial charge in [-0.15, -0.1) is 11.3 Å². The summed E-state index contributed by atoms with van der Waals surface area (Å²) in [7, 11) is -3.60. The van der Waals surface area contributed by atoms with E-state index in [9.17, 15) is 13.2 Å². The average Bonchev–Trinajstić information content (AvgIpc) is 3.09. The highest BCUT2D eigenvalue weighted by atomic mass is 32.2. The first kappa shape index (κ1) is 19.2. The summed E-state index contributed by atoms with van der Waals surface area (Å²) < 4.78 is 26.6. The first-order valence-electron chi connectivity index (χ1n) is 8.31. The van der Waals surface area contributed by atoms with Crippen LogP contribution in [-0.2, 0) is 14.8 Å². The number of sulfonamides is 1. The highest BCUT2D eigenvalue weighted by Crippen LogP contribution is 2.23. The van der Waals surface area contributed by atoms with Crippen molar-refractivity contribution in [3.63, 3.8) is 0 Å². The Balaban J connectivity index is 1.51. The molecule has 2 N–H and O–H groups in total. The predicted molar refractivity (Wildman–Crippen MR) is 107 cm³/mol. The van der Waals surface area contributed by atoms with Crippen molar-refractivity contribution < 1.29 is 13.2 Å². The Bertz CT molecular complexity index is 1010. The fourth-order valence-corrected chi connectivity index (χ4v) is 4.10. The normalized spacial score (nSPS) is 11.3. The van der Waals surface area contributed by atoms with Gasteiger partial charge in [0.05, 0.1) is 15.6 Å². The number of rotatable bonds is 7. The highest BCUT2D eigenvalue weighted by molar-refractivity contribution is 7.89. The second-order valence-electron chi connectivity index (χ2n) is 5.84. The minimum Gasteiger partial charge on any atom is -0.326 e. The van der Waals surface area contributed by atoms with Crippen LogP contribution in [0.25, 0.3) is 11.3 Å². The van der Waals surface area contributed by atoms with E-state index >= 15 is 0 Å². The summed E-state index contributed by atoms with van der Waals surface area (Å²) in [6.45, 7) is 1.98. The zero-order chi connectivity index (χ0) is 19.3. The maximum atomic E-state index is 12.1. The standard InChI is InChI=1S/C19H19N3O3S2/c1-14-21-18(13-26-14)15-7-9-16(10-8-15)22-19(23)11-12-20-27(24,25)17-5-3-2-4-6-17/h2-10,13,20H,11-12H2,1H3,(H,22,23). The van der Waals surface area contributed by atoms with Gasteiger partial charge in [0.2, 0.25) is 15.9 Å². The van der Waals surface area contributed by atoms with Crippen molar-refractivity contribution in [2.45, 2.75) is 18.2 Å². The lowest BCUT2D eigenvalue weighted by atomic mass is 10.1. The van der Waals surface area contributed by atoms with Crippen LogP contribution in [0.5, 0.6) is 0 Å². The number of thiazole rings is 1. The van der Waals surface area contributed by atoms with Gasteiger partial charge in [0.25, 0.3) is 0 Å². The van der Waals surface area contributed by atoms with Crippen LogP contribution in [0, 0.1) is 6.92 Å². The Labute approximate surface area is 162 Å². The van der Waals surface area contributed by atoms with Crippen LogP contribution in [0.3, 0.4) is 0 Å². The number of hydrogen-bond donors (Lipinski definition) is 2. The number of nitrogens with zero attached hydrogens (tertiary/aromatic N) is 1. The number of carbonyl (C=O) groups is 1. The summed E-state index contributed by atoms with van der Waals surface area (Å²) in [4.78, 5) is 16.6. The van der Waals surface area contributed by atoms with Crippen LogP contribution in [0.1, 0.15) is 11.4 Å². The number of carbonyl (C=O) groups excluding carboxylic acids is 1. The van der Waals surface area contributed by atoms with Crippen LogP contribution in [0.4, 0.5) is 5.69 Å². The van der Waals surface area contributed by atoms with Crippen molar-refractivity contribution in [2.75, 3.05) is 11.9 Å². The van der Waals surface area contributed by atoms with Crippen molar-refractivity contribution in [2.24, 2.45) is 0 Å². The molecule has 3 rings (SSSR count). The highest BCUT2D eigenvalue weighted by Gasteiger charge is 2.13. The SMILES string of the molecule is Cc1nc(-c2ccc(NC(=O)CCNS(=O)(=O)c3ccccc3)cc2)cs1. The number of amides is 1. The molecule has 0 saturated carbocycles. The molecule has 1 heterocycles. The third kappa shape index (κ3) is 5.22. The Morgan fingerprint density at radius 3 is 2.41 bits per heavy atom. The van der Waals surface area contributed by atoms with Crippen molar-refractivity contribution >= 4 is 33.0 Å². The van der Waals surface area contributed by atoms with Crippen LogP contribution < -0.4 is 10.0 Å². The van der Waals surface area contributed by atoms with Crippen LogP contribution in [-0.4, -0.2) is 25.9 Å². The van der Waals surface area contributed by atoms with Gasteiger partial charge in [-0.1, -0.05) is 30.3 Å². The summed E-state index contributed by atoms with van der Waals surface area (Å²) in [6.07, 6.45) is 0.0408. The molecule has 0 spiro atoms. The molecule has 1 amide bonds. The largest absolute Gasteiger partial charge is 0.326 e. The van der Waals surface area contributed by atoms with E-state index in [1.54, 1.807) is 41.7 Å². The van der Waals surface area contributed by atoms with E-state index < -0.39 is 10.0 Å². The van der Waals surface area contributed by atoms with Gasteiger partial charge in [-0.05, 0) is 31.2 Å². The summed E-state index contributed by atoms with van der Waals surface area (Å²) in [6, 6.07) is 15.4. The maximum absolute atomic E-state index is 12.1. The topological polar surface area (TPSA) is 88.2 Å². The molecule has 140 valence electrons. The first-order valence-corrected chi connectivity index (χ1v) is 10.7. The minimum absolute atomic E-state index is 0.0270. The second kappa shape index (κ2) is 8.43. The number of aromatic nitrogens is 1. The van der Waals surface area contributed by atoms with E-state index in [1.807, 2.05) is 24.4 Å². The summed E-state index contributed by atoms with van der Waals surface area (Å²) >= 11 is 1.59. The molecule has 27 heavy (non-hydrogen) atoms. The molecule has 0 aliphatic rings. The van der Waals surface area contributed by atoms with Gasteiger partial charge in [0.15, 0.2) is 0 Å². The molecular weight excluding hydrogens is 382 g/mol.